The molecule has 1 saturated carbocycles. The highest BCUT2D eigenvalue weighted by atomic mass is 16.2. The Morgan fingerprint density at radius 2 is 2.02 bits per heavy atom. The third-order valence-electron chi connectivity index (χ3n) is 8.75. The molecule has 2 aliphatic rings. The van der Waals surface area contributed by atoms with Gasteiger partial charge < -0.3 is 15.2 Å². The van der Waals surface area contributed by atoms with Crippen molar-refractivity contribution in [2.45, 2.75) is 45.2 Å². The Hall–Kier alpha value is -4.50. The van der Waals surface area contributed by atoms with Crippen molar-refractivity contribution < 1.29 is 4.79 Å². The fraction of sp³-hybridized carbons (Fsp3) is 0.312. The standard InChI is InChI=1S/C32H32N8O/c1-19-28-12-10-22(32(41)38-13-3-4-23(33)18-38)17-40(28)37-30(19)29-14-21-9-11-26(35-31(21)39(29)16-20-7-8-20)24-5-2-6-27-25(24)15-34-36-27/h2,5-6,9-12,14-15,17,20,23H,3-4,7-8,13,16,18,33H2,1H3,(H,34,36)/t23-/m1/s1. The van der Waals surface area contributed by atoms with Crippen molar-refractivity contribution >= 4 is 33.4 Å². The van der Waals surface area contributed by atoms with Gasteiger partial charge in [-0.1, -0.05) is 12.1 Å². The van der Waals surface area contributed by atoms with Crippen molar-refractivity contribution in [2.24, 2.45) is 11.7 Å². The normalized spacial score (nSPS) is 17.7. The van der Waals surface area contributed by atoms with Crippen molar-refractivity contribution in [3.8, 4) is 22.6 Å². The second-order valence-corrected chi connectivity index (χ2v) is 11.7. The molecule has 8 rings (SSSR count). The van der Waals surface area contributed by atoms with Crippen LogP contribution < -0.4 is 5.73 Å². The summed E-state index contributed by atoms with van der Waals surface area (Å²) in [6.07, 6.45) is 8.12. The predicted octanol–water partition coefficient (Wildman–Crippen LogP) is 5.18. The molecule has 1 atom stereocenters. The molecule has 5 aromatic heterocycles. The maximum Gasteiger partial charge on any atom is 0.255 e. The number of nitrogens with one attached hydrogen (secondary N) is 1. The lowest BCUT2D eigenvalue weighted by Crippen LogP contribution is -2.45. The Kier molecular flexibility index (Phi) is 5.50. The third-order valence-corrected chi connectivity index (χ3v) is 8.75. The first-order valence-electron chi connectivity index (χ1n) is 14.5. The van der Waals surface area contributed by atoms with E-state index in [0.29, 0.717) is 18.0 Å². The Morgan fingerprint density at radius 3 is 2.88 bits per heavy atom. The van der Waals surface area contributed by atoms with Crippen molar-refractivity contribution in [3.05, 3.63) is 72.1 Å². The summed E-state index contributed by atoms with van der Waals surface area (Å²) in [4.78, 5) is 20.4. The van der Waals surface area contributed by atoms with Crippen molar-refractivity contribution in [1.29, 1.82) is 0 Å². The molecule has 2 fully saturated rings. The summed E-state index contributed by atoms with van der Waals surface area (Å²) in [6.45, 7) is 4.38. The molecule has 9 heteroatoms. The highest BCUT2D eigenvalue weighted by molar-refractivity contribution is 5.96. The summed E-state index contributed by atoms with van der Waals surface area (Å²) in [7, 11) is 0. The number of aromatic amines is 1. The van der Waals surface area contributed by atoms with Crippen LogP contribution in [0.5, 0.6) is 0 Å². The van der Waals surface area contributed by atoms with Crippen LogP contribution in [0.1, 0.15) is 41.6 Å². The van der Waals surface area contributed by atoms with Crippen LogP contribution in [-0.2, 0) is 6.54 Å². The van der Waals surface area contributed by atoms with E-state index in [0.717, 1.165) is 81.6 Å². The number of hydrogen-bond acceptors (Lipinski definition) is 5. The molecule has 1 amide bonds. The number of amides is 1. The van der Waals surface area contributed by atoms with E-state index in [1.54, 1.807) is 0 Å². The molecule has 0 radical (unpaired) electrons. The van der Waals surface area contributed by atoms with Gasteiger partial charge in [-0.2, -0.15) is 10.2 Å². The molecular formula is C32H32N8O. The second kappa shape index (κ2) is 9.27. The number of carbonyl (C=O) groups excluding carboxylic acids is 1. The monoisotopic (exact) mass is 544 g/mol. The number of carbonyl (C=O) groups is 1. The minimum Gasteiger partial charge on any atom is -0.337 e. The summed E-state index contributed by atoms with van der Waals surface area (Å²) >= 11 is 0. The lowest BCUT2D eigenvalue weighted by Gasteiger charge is -2.30. The van der Waals surface area contributed by atoms with Crippen LogP contribution in [0.3, 0.4) is 0 Å². The Bertz CT molecular complexity index is 1960. The highest BCUT2D eigenvalue weighted by Crippen LogP contribution is 2.37. The number of fused-ring (bicyclic) bond motifs is 3. The molecule has 206 valence electrons. The largest absolute Gasteiger partial charge is 0.337 e. The van der Waals surface area contributed by atoms with Gasteiger partial charge in [0.1, 0.15) is 11.3 Å². The van der Waals surface area contributed by atoms with Gasteiger partial charge in [-0.05, 0) is 74.9 Å². The van der Waals surface area contributed by atoms with E-state index in [2.05, 4.69) is 46.0 Å². The SMILES string of the molecule is Cc1c(-c2cc3ccc(-c4cccc5[nH]ncc45)nc3n2CC2CC2)nn2cc(C(=O)N3CCC[C@@H](N)C3)ccc12. The summed E-state index contributed by atoms with van der Waals surface area (Å²) < 4.78 is 4.21. The number of H-pyrrole nitrogens is 1. The molecule has 1 saturated heterocycles. The highest BCUT2D eigenvalue weighted by Gasteiger charge is 2.27. The number of pyridine rings is 2. The van der Waals surface area contributed by atoms with E-state index in [4.69, 9.17) is 15.8 Å². The molecule has 0 unspecified atom stereocenters. The molecular weight excluding hydrogens is 512 g/mol. The van der Waals surface area contributed by atoms with Crippen LogP contribution in [-0.4, -0.2) is 59.3 Å². The third kappa shape index (κ3) is 4.11. The quantitative estimate of drug-likeness (QED) is 0.311. The van der Waals surface area contributed by atoms with Gasteiger partial charge in [0.05, 0.1) is 34.2 Å². The molecule has 1 aliphatic carbocycles. The number of likely N-dealkylation sites (tertiary alicyclic amines) is 1. The van der Waals surface area contributed by atoms with E-state index in [1.807, 2.05) is 46.1 Å². The minimum atomic E-state index is 0.0176. The van der Waals surface area contributed by atoms with Crippen molar-refractivity contribution in [2.75, 3.05) is 13.1 Å². The number of aryl methyl sites for hydroxylation is 1. The van der Waals surface area contributed by atoms with Crippen LogP contribution in [0.25, 0.3) is 50.1 Å². The smallest absolute Gasteiger partial charge is 0.255 e. The Morgan fingerprint density at radius 1 is 1.12 bits per heavy atom. The molecule has 1 aromatic carbocycles. The lowest BCUT2D eigenvalue weighted by atomic mass is 10.1. The van der Waals surface area contributed by atoms with Crippen molar-refractivity contribution in [3.63, 3.8) is 0 Å². The van der Waals surface area contributed by atoms with Gasteiger partial charge in [-0.3, -0.25) is 9.89 Å². The minimum absolute atomic E-state index is 0.0176. The number of rotatable bonds is 5. The fourth-order valence-electron chi connectivity index (χ4n) is 6.33. The van der Waals surface area contributed by atoms with Gasteiger partial charge in [0.15, 0.2) is 0 Å². The van der Waals surface area contributed by atoms with Crippen LogP contribution in [0.4, 0.5) is 0 Å². The number of hydrogen-bond donors (Lipinski definition) is 2. The number of piperidine rings is 1. The Labute approximate surface area is 237 Å². The zero-order valence-corrected chi connectivity index (χ0v) is 23.0. The molecule has 0 spiro atoms. The molecule has 3 N–H and O–H groups in total. The predicted molar refractivity (Wildman–Crippen MR) is 160 cm³/mol. The van der Waals surface area contributed by atoms with E-state index in [-0.39, 0.29) is 11.9 Å². The maximum absolute atomic E-state index is 13.3. The Balaban J connectivity index is 1.23. The van der Waals surface area contributed by atoms with Crippen LogP contribution in [0.15, 0.2) is 60.9 Å². The first-order chi connectivity index (χ1) is 20.0. The maximum atomic E-state index is 13.3. The number of nitrogens with two attached hydrogens (primary N) is 1. The molecule has 41 heavy (non-hydrogen) atoms. The number of nitrogens with zero attached hydrogens (tertiary/aromatic N) is 6. The second-order valence-electron chi connectivity index (χ2n) is 11.7. The van der Waals surface area contributed by atoms with Crippen LogP contribution >= 0.6 is 0 Å². The summed E-state index contributed by atoms with van der Waals surface area (Å²) in [5.41, 5.74) is 14.8. The topological polar surface area (TPSA) is 110 Å². The van der Waals surface area contributed by atoms with Crippen LogP contribution in [0.2, 0.25) is 0 Å². The number of aromatic nitrogens is 6. The first-order valence-corrected chi connectivity index (χ1v) is 14.5. The van der Waals surface area contributed by atoms with Gasteiger partial charge in [0, 0.05) is 53.8 Å². The molecule has 0 bridgehead atoms. The molecule has 1 aliphatic heterocycles. The average molecular weight is 545 g/mol. The van der Waals surface area contributed by atoms with E-state index in [1.165, 1.54) is 12.8 Å². The zero-order valence-electron chi connectivity index (χ0n) is 23.0. The van der Waals surface area contributed by atoms with Gasteiger partial charge in [-0.25, -0.2) is 9.50 Å². The average Bonchev–Trinajstić information content (AvgIpc) is 3.40. The summed E-state index contributed by atoms with van der Waals surface area (Å²) in [6, 6.07) is 16.6. The molecule has 6 aromatic rings. The van der Waals surface area contributed by atoms with Gasteiger partial charge in [0.2, 0.25) is 0 Å². The fourth-order valence-corrected chi connectivity index (χ4v) is 6.33. The first kappa shape index (κ1) is 24.3. The van der Waals surface area contributed by atoms with Crippen LogP contribution in [0, 0.1) is 12.8 Å². The summed E-state index contributed by atoms with van der Waals surface area (Å²) in [5.74, 6) is 0.675. The van der Waals surface area contributed by atoms with Gasteiger partial charge in [0.25, 0.3) is 5.91 Å². The van der Waals surface area contributed by atoms with Gasteiger partial charge in [-0.15, -0.1) is 0 Å². The zero-order chi connectivity index (χ0) is 27.7. The number of benzene rings is 1. The van der Waals surface area contributed by atoms with E-state index < -0.39 is 0 Å². The van der Waals surface area contributed by atoms with Crippen molar-refractivity contribution in [1.82, 2.24) is 34.3 Å². The lowest BCUT2D eigenvalue weighted by molar-refractivity contribution is 0.0708. The van der Waals surface area contributed by atoms with E-state index in [9.17, 15) is 4.79 Å². The van der Waals surface area contributed by atoms with Gasteiger partial charge >= 0.3 is 0 Å². The van der Waals surface area contributed by atoms with E-state index >= 15 is 0 Å². The molecule has 6 heterocycles. The summed E-state index contributed by atoms with van der Waals surface area (Å²) in [5, 5.41) is 14.5. The molecule has 9 nitrogen and oxygen atoms in total.